The molecule has 3 N–H and O–H groups in total. The maximum absolute atomic E-state index is 12.0. The van der Waals surface area contributed by atoms with Crippen LogP contribution >= 0.6 is 0 Å². The Kier molecular flexibility index (Phi) is 4.72. The first kappa shape index (κ1) is 13.0. The average Bonchev–Trinajstić information content (AvgIpc) is 3.00. The van der Waals surface area contributed by atoms with Crippen LogP contribution in [0, 0.1) is 5.92 Å². The van der Waals surface area contributed by atoms with Crippen LogP contribution < -0.4 is 10.6 Å². The van der Waals surface area contributed by atoms with E-state index in [2.05, 4.69) is 20.6 Å². The highest BCUT2D eigenvalue weighted by Crippen LogP contribution is 2.13. The molecule has 2 heterocycles. The molecule has 1 aliphatic rings. The van der Waals surface area contributed by atoms with Gasteiger partial charge in [0.2, 0.25) is 5.91 Å². The van der Waals surface area contributed by atoms with Gasteiger partial charge < -0.3 is 20.4 Å². The van der Waals surface area contributed by atoms with Crippen LogP contribution in [0.1, 0.15) is 12.6 Å². The highest BCUT2D eigenvalue weighted by molar-refractivity contribution is 5.79. The van der Waals surface area contributed by atoms with Crippen molar-refractivity contribution >= 4 is 5.91 Å². The number of ether oxygens (including phenoxy) is 1. The Bertz CT molecular complexity index is 366. The molecule has 6 heteroatoms. The average molecular weight is 252 g/mol. The molecule has 1 aromatic rings. The van der Waals surface area contributed by atoms with E-state index in [-0.39, 0.29) is 17.9 Å². The summed E-state index contributed by atoms with van der Waals surface area (Å²) in [7, 11) is 0. The fourth-order valence-corrected chi connectivity index (χ4v) is 2.15. The largest absolute Gasteiger partial charge is 0.379 e. The van der Waals surface area contributed by atoms with Crippen LogP contribution in [-0.4, -0.2) is 48.2 Å². The summed E-state index contributed by atoms with van der Waals surface area (Å²) in [6, 6.07) is 0.141. The van der Waals surface area contributed by atoms with Crippen molar-refractivity contribution in [2.45, 2.75) is 19.4 Å². The lowest BCUT2D eigenvalue weighted by Gasteiger charge is -2.17. The molecule has 100 valence electrons. The Morgan fingerprint density at radius 2 is 2.50 bits per heavy atom. The summed E-state index contributed by atoms with van der Waals surface area (Å²) < 4.78 is 5.36. The van der Waals surface area contributed by atoms with Gasteiger partial charge in [0, 0.05) is 30.9 Å². The van der Waals surface area contributed by atoms with Crippen LogP contribution in [0.3, 0.4) is 0 Å². The van der Waals surface area contributed by atoms with E-state index in [0.717, 1.165) is 18.7 Å². The molecule has 0 radical (unpaired) electrons. The van der Waals surface area contributed by atoms with Gasteiger partial charge in [-0.2, -0.15) is 0 Å². The molecule has 2 unspecified atom stereocenters. The molecule has 6 nitrogen and oxygen atoms in total. The molecule has 18 heavy (non-hydrogen) atoms. The number of H-pyrrole nitrogens is 1. The first-order valence-corrected chi connectivity index (χ1v) is 6.37. The van der Waals surface area contributed by atoms with E-state index in [1.165, 1.54) is 0 Å². The van der Waals surface area contributed by atoms with Crippen molar-refractivity contribution in [1.29, 1.82) is 0 Å². The Hall–Kier alpha value is -1.40. The zero-order chi connectivity index (χ0) is 12.8. The summed E-state index contributed by atoms with van der Waals surface area (Å²) in [5, 5.41) is 6.22. The van der Waals surface area contributed by atoms with Gasteiger partial charge in [0.05, 0.1) is 25.5 Å². The van der Waals surface area contributed by atoms with Crippen LogP contribution in [0.25, 0.3) is 0 Å². The predicted octanol–water partition coefficient (Wildman–Crippen LogP) is -0.307. The van der Waals surface area contributed by atoms with Crippen molar-refractivity contribution in [3.63, 3.8) is 0 Å². The Balaban J connectivity index is 1.73. The molecule has 0 saturated carbocycles. The molecule has 0 aromatic carbocycles. The van der Waals surface area contributed by atoms with Crippen molar-refractivity contribution in [3.05, 3.63) is 18.2 Å². The number of rotatable bonds is 6. The highest BCUT2D eigenvalue weighted by Gasteiger charge is 2.33. The molecule has 2 rings (SSSR count). The van der Waals surface area contributed by atoms with Crippen molar-refractivity contribution in [2.75, 3.05) is 26.3 Å². The van der Waals surface area contributed by atoms with Crippen molar-refractivity contribution in [3.8, 4) is 0 Å². The van der Waals surface area contributed by atoms with Crippen molar-refractivity contribution < 1.29 is 9.53 Å². The minimum absolute atomic E-state index is 0.0676. The summed E-state index contributed by atoms with van der Waals surface area (Å²) in [6.07, 6.45) is 4.18. The van der Waals surface area contributed by atoms with E-state index in [4.69, 9.17) is 4.74 Å². The number of likely N-dealkylation sites (N-methyl/N-ethyl adjacent to an activating group) is 1. The summed E-state index contributed by atoms with van der Waals surface area (Å²) in [5.41, 5.74) is 1.03. The number of hydrogen-bond acceptors (Lipinski definition) is 4. The number of nitrogens with one attached hydrogen (secondary N) is 3. The van der Waals surface area contributed by atoms with Gasteiger partial charge in [-0.3, -0.25) is 4.79 Å². The van der Waals surface area contributed by atoms with Gasteiger partial charge in [0.25, 0.3) is 0 Å². The zero-order valence-electron chi connectivity index (χ0n) is 10.6. The van der Waals surface area contributed by atoms with Crippen LogP contribution in [0.5, 0.6) is 0 Å². The normalized spacial score (nSPS) is 23.2. The number of hydrogen-bond donors (Lipinski definition) is 3. The fourth-order valence-electron chi connectivity index (χ4n) is 2.15. The second-order valence-electron chi connectivity index (χ2n) is 4.43. The first-order chi connectivity index (χ1) is 8.81. The van der Waals surface area contributed by atoms with Crippen LogP contribution in [0.4, 0.5) is 0 Å². The zero-order valence-corrected chi connectivity index (χ0v) is 10.6. The lowest BCUT2D eigenvalue weighted by Crippen LogP contribution is -2.44. The maximum Gasteiger partial charge on any atom is 0.227 e. The lowest BCUT2D eigenvalue weighted by molar-refractivity contribution is -0.125. The molecule has 1 fully saturated rings. The maximum atomic E-state index is 12.0. The minimum atomic E-state index is -0.0771. The Morgan fingerprint density at radius 1 is 1.61 bits per heavy atom. The van der Waals surface area contributed by atoms with Crippen LogP contribution in [0.2, 0.25) is 0 Å². The van der Waals surface area contributed by atoms with Gasteiger partial charge in [-0.1, -0.05) is 6.92 Å². The van der Waals surface area contributed by atoms with Gasteiger partial charge in [0.15, 0.2) is 0 Å². The van der Waals surface area contributed by atoms with Gasteiger partial charge in [-0.15, -0.1) is 0 Å². The van der Waals surface area contributed by atoms with E-state index < -0.39 is 0 Å². The monoisotopic (exact) mass is 252 g/mol. The summed E-state index contributed by atoms with van der Waals surface area (Å²) in [5.74, 6) is -0.00955. The number of imidazole rings is 1. The molecule has 0 aliphatic carbocycles. The van der Waals surface area contributed by atoms with E-state index in [9.17, 15) is 4.79 Å². The molecule has 0 bridgehead atoms. The number of carbonyl (C=O) groups excluding carboxylic acids is 1. The second kappa shape index (κ2) is 6.51. The third-order valence-corrected chi connectivity index (χ3v) is 3.13. The number of aromatic amines is 1. The van der Waals surface area contributed by atoms with Crippen molar-refractivity contribution in [2.24, 2.45) is 5.92 Å². The third kappa shape index (κ3) is 3.30. The number of amides is 1. The minimum Gasteiger partial charge on any atom is -0.379 e. The predicted molar refractivity (Wildman–Crippen MR) is 67.1 cm³/mol. The molecular weight excluding hydrogens is 232 g/mol. The van der Waals surface area contributed by atoms with Gasteiger partial charge >= 0.3 is 0 Å². The molecule has 1 aromatic heterocycles. The SMILES string of the molecule is CCNC1COCC1C(=O)NCCc1cnc[nH]1. The molecule has 2 atom stereocenters. The summed E-state index contributed by atoms with van der Waals surface area (Å²) in [4.78, 5) is 18.9. The van der Waals surface area contributed by atoms with E-state index in [0.29, 0.717) is 19.8 Å². The van der Waals surface area contributed by atoms with E-state index >= 15 is 0 Å². The molecule has 1 amide bonds. The third-order valence-electron chi connectivity index (χ3n) is 3.13. The van der Waals surface area contributed by atoms with Gasteiger partial charge in [-0.25, -0.2) is 4.98 Å². The first-order valence-electron chi connectivity index (χ1n) is 6.37. The Morgan fingerprint density at radius 3 is 3.22 bits per heavy atom. The topological polar surface area (TPSA) is 79.0 Å². The highest BCUT2D eigenvalue weighted by atomic mass is 16.5. The molecule has 0 spiro atoms. The fraction of sp³-hybridized carbons (Fsp3) is 0.667. The van der Waals surface area contributed by atoms with Crippen LogP contribution in [0.15, 0.2) is 12.5 Å². The second-order valence-corrected chi connectivity index (χ2v) is 4.43. The standard InChI is InChI=1S/C12H20N4O2/c1-2-14-11-7-18-6-10(11)12(17)15-4-3-9-5-13-8-16-9/h5,8,10-11,14H,2-4,6-7H2,1H3,(H,13,16)(H,15,17). The molecule has 1 saturated heterocycles. The van der Waals surface area contributed by atoms with Gasteiger partial charge in [-0.05, 0) is 6.54 Å². The van der Waals surface area contributed by atoms with Crippen LogP contribution in [-0.2, 0) is 16.0 Å². The van der Waals surface area contributed by atoms with Crippen molar-refractivity contribution in [1.82, 2.24) is 20.6 Å². The summed E-state index contributed by atoms with van der Waals surface area (Å²) in [6.45, 7) is 4.63. The number of carbonyl (C=O) groups is 1. The van der Waals surface area contributed by atoms with Gasteiger partial charge in [0.1, 0.15) is 0 Å². The molecule has 1 aliphatic heterocycles. The smallest absolute Gasteiger partial charge is 0.227 e. The van der Waals surface area contributed by atoms with E-state index in [1.807, 2.05) is 6.92 Å². The van der Waals surface area contributed by atoms with E-state index in [1.54, 1.807) is 12.5 Å². The number of nitrogens with zero attached hydrogens (tertiary/aromatic N) is 1. The number of aromatic nitrogens is 2. The Labute approximate surface area is 107 Å². The summed E-state index contributed by atoms with van der Waals surface area (Å²) >= 11 is 0. The lowest BCUT2D eigenvalue weighted by atomic mass is 10.0. The molecular formula is C12H20N4O2. The quantitative estimate of drug-likeness (QED) is 0.649.